The Morgan fingerprint density at radius 1 is 1.16 bits per heavy atom. The van der Waals surface area contributed by atoms with E-state index in [-0.39, 0.29) is 5.56 Å². The van der Waals surface area contributed by atoms with Crippen molar-refractivity contribution in [2.75, 3.05) is 0 Å². The van der Waals surface area contributed by atoms with Crippen LogP contribution in [0.2, 0.25) is 5.02 Å². The molecule has 0 aromatic heterocycles. The Hall–Kier alpha value is -1.01. The van der Waals surface area contributed by atoms with Crippen molar-refractivity contribution >= 4 is 27.5 Å². The summed E-state index contributed by atoms with van der Waals surface area (Å²) in [5, 5.41) is 0.514. The summed E-state index contributed by atoms with van der Waals surface area (Å²) in [7, 11) is 0. The Morgan fingerprint density at radius 2 is 1.79 bits per heavy atom. The van der Waals surface area contributed by atoms with Crippen molar-refractivity contribution < 1.29 is 8.78 Å². The highest BCUT2D eigenvalue weighted by Gasteiger charge is 2.22. The average molecular weight is 348 g/mol. The van der Waals surface area contributed by atoms with E-state index in [9.17, 15) is 8.78 Å². The lowest BCUT2D eigenvalue weighted by atomic mass is 9.98. The monoisotopic (exact) mass is 346 g/mol. The molecule has 0 bridgehead atoms. The van der Waals surface area contributed by atoms with Gasteiger partial charge in [-0.1, -0.05) is 39.7 Å². The van der Waals surface area contributed by atoms with Crippen LogP contribution in [0.1, 0.15) is 17.2 Å². The van der Waals surface area contributed by atoms with E-state index in [1.807, 2.05) is 0 Å². The molecule has 19 heavy (non-hydrogen) atoms. The molecule has 0 aliphatic rings. The van der Waals surface area contributed by atoms with Gasteiger partial charge in [0.05, 0.1) is 6.04 Å². The lowest BCUT2D eigenvalue weighted by Crippen LogP contribution is -2.30. The zero-order valence-corrected chi connectivity index (χ0v) is 12.0. The molecule has 100 valence electrons. The Kier molecular flexibility index (Phi) is 4.52. The van der Waals surface area contributed by atoms with E-state index >= 15 is 0 Å². The van der Waals surface area contributed by atoms with Gasteiger partial charge in [-0.05, 0) is 29.8 Å². The fraction of sp³-hybridized carbons (Fsp3) is 0.0769. The quantitative estimate of drug-likeness (QED) is 0.652. The molecule has 0 amide bonds. The summed E-state index contributed by atoms with van der Waals surface area (Å²) >= 11 is 9.15. The van der Waals surface area contributed by atoms with Crippen LogP contribution in [0.3, 0.4) is 0 Å². The van der Waals surface area contributed by atoms with Crippen LogP contribution in [-0.2, 0) is 0 Å². The van der Waals surface area contributed by atoms with Crippen molar-refractivity contribution in [1.29, 1.82) is 0 Å². The van der Waals surface area contributed by atoms with Gasteiger partial charge in [0.1, 0.15) is 11.6 Å². The zero-order chi connectivity index (χ0) is 14.0. The number of hydrazine groups is 1. The average Bonchev–Trinajstić information content (AvgIpc) is 2.35. The molecule has 1 atom stereocenters. The molecule has 0 aliphatic carbocycles. The highest BCUT2D eigenvalue weighted by atomic mass is 79.9. The third-order valence-corrected chi connectivity index (χ3v) is 3.65. The van der Waals surface area contributed by atoms with E-state index in [4.69, 9.17) is 17.4 Å². The topological polar surface area (TPSA) is 38.0 Å². The molecule has 0 saturated carbocycles. The molecule has 6 heteroatoms. The SMILES string of the molecule is NNC(c1ccc(Cl)cc1Br)c1c(F)cccc1F. The second-order valence-electron chi connectivity index (χ2n) is 3.90. The van der Waals surface area contributed by atoms with Crippen LogP contribution in [0.25, 0.3) is 0 Å². The molecule has 2 nitrogen and oxygen atoms in total. The van der Waals surface area contributed by atoms with Gasteiger partial charge in [-0.2, -0.15) is 0 Å². The molecule has 0 spiro atoms. The molecule has 2 aromatic rings. The molecule has 0 aliphatic heterocycles. The van der Waals surface area contributed by atoms with E-state index in [0.29, 0.717) is 15.1 Å². The summed E-state index contributed by atoms with van der Waals surface area (Å²) in [6.07, 6.45) is 0. The largest absolute Gasteiger partial charge is 0.271 e. The first-order valence-corrected chi connectivity index (χ1v) is 6.56. The number of halogens is 4. The molecule has 0 radical (unpaired) electrons. The normalized spacial score (nSPS) is 12.5. The van der Waals surface area contributed by atoms with Crippen LogP contribution < -0.4 is 11.3 Å². The van der Waals surface area contributed by atoms with Gasteiger partial charge in [0.15, 0.2) is 0 Å². The maximum Gasteiger partial charge on any atom is 0.131 e. The number of rotatable bonds is 3. The van der Waals surface area contributed by atoms with Crippen LogP contribution in [0.5, 0.6) is 0 Å². The second-order valence-corrected chi connectivity index (χ2v) is 5.19. The number of hydrogen-bond acceptors (Lipinski definition) is 2. The summed E-state index contributed by atoms with van der Waals surface area (Å²) in [6, 6.07) is 7.79. The van der Waals surface area contributed by atoms with E-state index in [0.717, 1.165) is 0 Å². The van der Waals surface area contributed by atoms with Crippen LogP contribution >= 0.6 is 27.5 Å². The third-order valence-electron chi connectivity index (χ3n) is 2.73. The van der Waals surface area contributed by atoms with Crippen molar-refractivity contribution in [3.8, 4) is 0 Å². The first-order chi connectivity index (χ1) is 9.04. The molecule has 2 aromatic carbocycles. The van der Waals surface area contributed by atoms with Crippen molar-refractivity contribution in [2.24, 2.45) is 5.84 Å². The van der Waals surface area contributed by atoms with E-state index in [1.165, 1.54) is 18.2 Å². The van der Waals surface area contributed by atoms with E-state index < -0.39 is 17.7 Å². The lowest BCUT2D eigenvalue weighted by Gasteiger charge is -2.19. The summed E-state index contributed by atoms with van der Waals surface area (Å²) in [4.78, 5) is 0. The zero-order valence-electron chi connectivity index (χ0n) is 9.63. The molecule has 0 fully saturated rings. The fourth-order valence-corrected chi connectivity index (χ4v) is 2.76. The van der Waals surface area contributed by atoms with Gasteiger partial charge in [0.25, 0.3) is 0 Å². The van der Waals surface area contributed by atoms with Gasteiger partial charge in [0.2, 0.25) is 0 Å². The molecular weight excluding hydrogens is 338 g/mol. The van der Waals surface area contributed by atoms with Gasteiger partial charge in [0, 0.05) is 15.1 Å². The molecule has 0 saturated heterocycles. The van der Waals surface area contributed by atoms with Gasteiger partial charge in [-0.25, -0.2) is 14.2 Å². The van der Waals surface area contributed by atoms with Crippen LogP contribution in [0, 0.1) is 11.6 Å². The van der Waals surface area contributed by atoms with Crippen LogP contribution in [-0.4, -0.2) is 0 Å². The molecule has 2 rings (SSSR count). The Morgan fingerprint density at radius 3 is 2.32 bits per heavy atom. The fourth-order valence-electron chi connectivity index (χ4n) is 1.85. The van der Waals surface area contributed by atoms with Crippen molar-refractivity contribution in [3.05, 3.63) is 68.7 Å². The first-order valence-electron chi connectivity index (χ1n) is 5.39. The maximum atomic E-state index is 13.8. The Labute approximate surface area is 122 Å². The summed E-state index contributed by atoms with van der Waals surface area (Å²) in [5.41, 5.74) is 2.89. The molecule has 1 unspecified atom stereocenters. The summed E-state index contributed by atoms with van der Waals surface area (Å²) < 4.78 is 28.2. The smallest absolute Gasteiger partial charge is 0.131 e. The minimum Gasteiger partial charge on any atom is -0.271 e. The molecule has 3 N–H and O–H groups in total. The van der Waals surface area contributed by atoms with Crippen molar-refractivity contribution in [1.82, 2.24) is 5.43 Å². The first kappa shape index (κ1) is 14.4. The Balaban J connectivity index is 2.56. The predicted molar refractivity (Wildman–Crippen MR) is 74.7 cm³/mol. The summed E-state index contributed by atoms with van der Waals surface area (Å²) in [6.45, 7) is 0. The van der Waals surface area contributed by atoms with Crippen LogP contribution in [0.4, 0.5) is 8.78 Å². The van der Waals surface area contributed by atoms with Crippen molar-refractivity contribution in [2.45, 2.75) is 6.04 Å². The standard InChI is InChI=1S/C13H10BrClF2N2/c14-9-6-7(15)4-5-8(9)13(19-18)12-10(16)2-1-3-11(12)17/h1-6,13,19H,18H2. The van der Waals surface area contributed by atoms with Crippen molar-refractivity contribution in [3.63, 3.8) is 0 Å². The van der Waals surface area contributed by atoms with E-state index in [2.05, 4.69) is 21.4 Å². The minimum atomic E-state index is -0.812. The van der Waals surface area contributed by atoms with Gasteiger partial charge < -0.3 is 0 Å². The van der Waals surface area contributed by atoms with Gasteiger partial charge in [-0.15, -0.1) is 0 Å². The summed E-state index contributed by atoms with van der Waals surface area (Å²) in [5.74, 6) is 4.12. The van der Waals surface area contributed by atoms with Gasteiger partial charge in [-0.3, -0.25) is 5.84 Å². The number of hydrogen-bond donors (Lipinski definition) is 2. The number of nitrogens with one attached hydrogen (secondary N) is 1. The number of nitrogens with two attached hydrogens (primary N) is 1. The second kappa shape index (κ2) is 5.96. The highest BCUT2D eigenvalue weighted by molar-refractivity contribution is 9.10. The highest BCUT2D eigenvalue weighted by Crippen LogP contribution is 2.32. The Bertz CT molecular complexity index is 587. The minimum absolute atomic E-state index is 0.131. The predicted octanol–water partition coefficient (Wildman–Crippen LogP) is 3.93. The molecular formula is C13H10BrClF2N2. The maximum absolute atomic E-state index is 13.8. The van der Waals surface area contributed by atoms with Gasteiger partial charge >= 0.3 is 0 Å². The molecule has 0 heterocycles. The van der Waals surface area contributed by atoms with E-state index in [1.54, 1.807) is 18.2 Å². The van der Waals surface area contributed by atoms with Crippen LogP contribution in [0.15, 0.2) is 40.9 Å². The lowest BCUT2D eigenvalue weighted by molar-refractivity contribution is 0.510. The number of benzene rings is 2. The third kappa shape index (κ3) is 2.95.